The second kappa shape index (κ2) is 9.84. The minimum absolute atomic E-state index is 0.149. The molecule has 0 spiro atoms. The van der Waals surface area contributed by atoms with Gasteiger partial charge in [-0.1, -0.05) is 30.3 Å². The van der Waals surface area contributed by atoms with Crippen molar-refractivity contribution in [3.05, 3.63) is 72.2 Å². The molecule has 2 unspecified atom stereocenters. The quantitative estimate of drug-likeness (QED) is 0.551. The molecule has 3 aromatic rings. The Morgan fingerprint density at radius 2 is 1.97 bits per heavy atom. The number of carbonyl (C=O) groups excluding carboxylic acids is 1. The summed E-state index contributed by atoms with van der Waals surface area (Å²) in [5, 5.41) is 14.2. The lowest BCUT2D eigenvalue weighted by Gasteiger charge is -2.32. The van der Waals surface area contributed by atoms with E-state index in [1.54, 1.807) is 22.0 Å². The summed E-state index contributed by atoms with van der Waals surface area (Å²) >= 11 is 0. The smallest absolute Gasteiger partial charge is 0.356 e. The largest absolute Gasteiger partial charge is 0.417 e. The lowest BCUT2D eigenvalue weighted by molar-refractivity contribution is -0.137. The number of rotatable bonds is 5. The van der Waals surface area contributed by atoms with Crippen LogP contribution in [0.2, 0.25) is 0 Å². The molecule has 38 heavy (non-hydrogen) atoms. The number of halogens is 3. The van der Waals surface area contributed by atoms with Gasteiger partial charge in [0.25, 0.3) is 5.91 Å². The molecule has 2 aromatic heterocycles. The van der Waals surface area contributed by atoms with Gasteiger partial charge < -0.3 is 9.64 Å². The van der Waals surface area contributed by atoms with E-state index in [0.29, 0.717) is 43.3 Å². The zero-order chi connectivity index (χ0) is 26.3. The molecule has 198 valence electrons. The van der Waals surface area contributed by atoms with Crippen molar-refractivity contribution in [3.8, 4) is 11.3 Å². The number of hydrazone groups is 1. The van der Waals surface area contributed by atoms with Crippen molar-refractivity contribution in [2.75, 3.05) is 26.4 Å². The van der Waals surface area contributed by atoms with E-state index in [2.05, 4.69) is 15.4 Å². The van der Waals surface area contributed by atoms with E-state index in [9.17, 15) is 18.0 Å². The first kappa shape index (κ1) is 24.6. The second-order valence-corrected chi connectivity index (χ2v) is 9.57. The van der Waals surface area contributed by atoms with E-state index in [1.165, 1.54) is 6.07 Å². The number of nitrogens with zero attached hydrogens (tertiary/aromatic N) is 6. The molecule has 1 aromatic carbocycles. The fourth-order valence-electron chi connectivity index (χ4n) is 5.20. The fraction of sp³-hybridized carbons (Fsp3) is 0.385. The van der Waals surface area contributed by atoms with Crippen LogP contribution in [0, 0.1) is 0 Å². The molecular weight excluding hydrogens is 499 g/mol. The Balaban J connectivity index is 1.19. The first-order valence-electron chi connectivity index (χ1n) is 12.5. The van der Waals surface area contributed by atoms with E-state index >= 15 is 0 Å². The van der Waals surface area contributed by atoms with Crippen LogP contribution < -0.4 is 5.32 Å². The zero-order valence-corrected chi connectivity index (χ0v) is 20.4. The second-order valence-electron chi connectivity index (χ2n) is 9.57. The molecule has 1 amide bonds. The Bertz CT molecular complexity index is 1330. The molecule has 0 aliphatic carbocycles. The molecule has 6 rings (SSSR count). The molecule has 12 heteroatoms. The third-order valence-corrected chi connectivity index (χ3v) is 7.09. The summed E-state index contributed by atoms with van der Waals surface area (Å²) in [7, 11) is 0. The number of nitrogens with one attached hydrogen (secondary N) is 1. The van der Waals surface area contributed by atoms with E-state index in [0.717, 1.165) is 30.8 Å². The highest BCUT2D eigenvalue weighted by Crippen LogP contribution is 2.35. The summed E-state index contributed by atoms with van der Waals surface area (Å²) in [5.74, 6) is -0.434. The lowest BCUT2D eigenvalue weighted by Crippen LogP contribution is -2.45. The van der Waals surface area contributed by atoms with Crippen LogP contribution in [-0.2, 0) is 22.3 Å². The Kier molecular flexibility index (Phi) is 6.36. The van der Waals surface area contributed by atoms with Crippen LogP contribution in [0.4, 0.5) is 13.2 Å². The van der Waals surface area contributed by atoms with Gasteiger partial charge in [0.05, 0.1) is 49.2 Å². The summed E-state index contributed by atoms with van der Waals surface area (Å²) in [5.41, 5.74) is 1.64. The SMILES string of the molecule is O=C(C1=NN2CCCOC2C1c1ccccc1)N1CNC[C@H]1Cn1cc(-c2ccc(C(F)(F)F)cn2)cn1. The first-order valence-corrected chi connectivity index (χ1v) is 12.5. The van der Waals surface area contributed by atoms with Crippen LogP contribution >= 0.6 is 0 Å². The first-order chi connectivity index (χ1) is 18.4. The Morgan fingerprint density at radius 3 is 2.74 bits per heavy atom. The summed E-state index contributed by atoms with van der Waals surface area (Å²) in [6, 6.07) is 12.0. The number of aromatic nitrogens is 3. The van der Waals surface area contributed by atoms with Gasteiger partial charge in [-0.3, -0.25) is 24.8 Å². The Hall–Kier alpha value is -3.77. The molecule has 3 aliphatic heterocycles. The van der Waals surface area contributed by atoms with Crippen LogP contribution in [0.25, 0.3) is 11.3 Å². The van der Waals surface area contributed by atoms with Crippen molar-refractivity contribution in [1.82, 2.24) is 30.0 Å². The van der Waals surface area contributed by atoms with Gasteiger partial charge in [-0.2, -0.15) is 23.4 Å². The predicted octanol–water partition coefficient (Wildman–Crippen LogP) is 2.92. The number of carbonyl (C=O) groups is 1. The Morgan fingerprint density at radius 1 is 1.13 bits per heavy atom. The molecule has 9 nitrogen and oxygen atoms in total. The third kappa shape index (κ3) is 4.65. The molecule has 1 N–H and O–H groups in total. The van der Waals surface area contributed by atoms with Crippen molar-refractivity contribution < 1.29 is 22.7 Å². The van der Waals surface area contributed by atoms with Gasteiger partial charge in [-0.05, 0) is 24.1 Å². The molecule has 2 saturated heterocycles. The van der Waals surface area contributed by atoms with Crippen LogP contribution in [0.1, 0.15) is 23.5 Å². The number of ether oxygens (including phenoxy) is 1. The number of alkyl halides is 3. The average molecular weight is 526 g/mol. The number of hydrogen-bond donors (Lipinski definition) is 1. The van der Waals surface area contributed by atoms with E-state index in [4.69, 9.17) is 9.84 Å². The van der Waals surface area contributed by atoms with E-state index in [-0.39, 0.29) is 24.1 Å². The topological polar surface area (TPSA) is 87.9 Å². The fourth-order valence-corrected chi connectivity index (χ4v) is 5.20. The number of benzene rings is 1. The summed E-state index contributed by atoms with van der Waals surface area (Å²) in [6.07, 6.45) is 0.217. The van der Waals surface area contributed by atoms with Crippen molar-refractivity contribution >= 4 is 11.6 Å². The average Bonchev–Trinajstić information content (AvgIpc) is 3.67. The lowest BCUT2D eigenvalue weighted by atomic mass is 9.91. The van der Waals surface area contributed by atoms with Crippen LogP contribution in [0.5, 0.6) is 0 Å². The molecular formula is C26H26F3N7O2. The van der Waals surface area contributed by atoms with Gasteiger partial charge in [-0.25, -0.2) is 0 Å². The maximum atomic E-state index is 13.9. The van der Waals surface area contributed by atoms with E-state index < -0.39 is 11.7 Å². The van der Waals surface area contributed by atoms with Gasteiger partial charge in [0, 0.05) is 31.0 Å². The van der Waals surface area contributed by atoms with Crippen LogP contribution in [0.15, 0.2) is 66.2 Å². The van der Waals surface area contributed by atoms with Crippen molar-refractivity contribution in [1.29, 1.82) is 0 Å². The molecule has 0 bridgehead atoms. The maximum Gasteiger partial charge on any atom is 0.417 e. The summed E-state index contributed by atoms with van der Waals surface area (Å²) in [4.78, 5) is 19.6. The maximum absolute atomic E-state index is 13.9. The number of amides is 1. The molecule has 0 radical (unpaired) electrons. The molecule has 2 fully saturated rings. The van der Waals surface area contributed by atoms with Crippen molar-refractivity contribution in [3.63, 3.8) is 0 Å². The van der Waals surface area contributed by atoms with Gasteiger partial charge in [-0.15, -0.1) is 0 Å². The van der Waals surface area contributed by atoms with Gasteiger partial charge in [0.1, 0.15) is 5.71 Å². The summed E-state index contributed by atoms with van der Waals surface area (Å²) in [6.45, 7) is 2.73. The minimum Gasteiger partial charge on any atom is -0.356 e. The van der Waals surface area contributed by atoms with Gasteiger partial charge in [0.2, 0.25) is 0 Å². The highest BCUT2D eigenvalue weighted by Gasteiger charge is 2.46. The van der Waals surface area contributed by atoms with Gasteiger partial charge >= 0.3 is 6.18 Å². The van der Waals surface area contributed by atoms with Crippen LogP contribution in [0.3, 0.4) is 0 Å². The third-order valence-electron chi connectivity index (χ3n) is 7.09. The molecule has 5 heterocycles. The molecule has 3 atom stereocenters. The number of pyridine rings is 1. The van der Waals surface area contributed by atoms with E-state index in [1.807, 2.05) is 35.3 Å². The highest BCUT2D eigenvalue weighted by molar-refractivity contribution is 6.41. The molecule has 0 saturated carbocycles. The van der Waals surface area contributed by atoms with Gasteiger partial charge in [0.15, 0.2) is 6.23 Å². The van der Waals surface area contributed by atoms with Crippen molar-refractivity contribution in [2.45, 2.75) is 37.3 Å². The summed E-state index contributed by atoms with van der Waals surface area (Å²) < 4.78 is 46.3. The highest BCUT2D eigenvalue weighted by atomic mass is 19.4. The standard InChI is InChI=1S/C26H26F3N7O2/c27-26(28,29)19-7-8-21(31-12-19)18-11-32-34(14-18)15-20-13-30-16-35(20)24(37)23-22(17-5-2-1-3-6-17)25-36(33-23)9-4-10-38-25/h1-3,5-8,11-12,14,20,22,25,30H,4,9-10,13,15-16H2/t20-,22?,25?/m0/s1. The predicted molar refractivity (Wildman–Crippen MR) is 132 cm³/mol. The normalized spacial score (nSPS) is 23.4. The monoisotopic (exact) mass is 525 g/mol. The zero-order valence-electron chi connectivity index (χ0n) is 20.4. The number of hydrogen-bond acceptors (Lipinski definition) is 7. The van der Waals surface area contributed by atoms with Crippen LogP contribution in [-0.4, -0.2) is 74.9 Å². The minimum atomic E-state index is -4.44. The molecule has 3 aliphatic rings. The van der Waals surface area contributed by atoms with Crippen molar-refractivity contribution in [2.24, 2.45) is 5.10 Å². The Labute approximate surface area is 216 Å². The number of fused-ring (bicyclic) bond motifs is 1.